The number of aliphatic hydroxyl groups excluding tert-OH is 2. The van der Waals surface area contributed by atoms with Crippen LogP contribution in [0.4, 0.5) is 17.1 Å². The Bertz CT molecular complexity index is 411. The lowest BCUT2D eigenvalue weighted by Crippen LogP contribution is -2.24. The van der Waals surface area contributed by atoms with E-state index in [0.29, 0.717) is 17.8 Å². The number of hydrogen-bond donors (Lipinski definition) is 4. The summed E-state index contributed by atoms with van der Waals surface area (Å²) in [6.07, 6.45) is 0.373. The summed E-state index contributed by atoms with van der Waals surface area (Å²) in [5, 5.41) is 34.4. The summed E-state index contributed by atoms with van der Waals surface area (Å²) in [4.78, 5) is 10.4. The first-order chi connectivity index (χ1) is 8.62. The van der Waals surface area contributed by atoms with Crippen LogP contribution >= 0.6 is 0 Å². The van der Waals surface area contributed by atoms with Gasteiger partial charge in [-0.25, -0.2) is 0 Å². The van der Waals surface area contributed by atoms with Crippen LogP contribution in [0.3, 0.4) is 0 Å². The van der Waals surface area contributed by atoms with Gasteiger partial charge in [0.15, 0.2) is 0 Å². The van der Waals surface area contributed by atoms with Crippen molar-refractivity contribution in [3.8, 4) is 0 Å². The summed E-state index contributed by atoms with van der Waals surface area (Å²) >= 11 is 0. The second-order valence-corrected chi connectivity index (χ2v) is 3.78. The highest BCUT2D eigenvalue weighted by Crippen LogP contribution is 2.27. The lowest BCUT2D eigenvalue weighted by molar-refractivity contribution is -0.383. The number of aliphatic hydroxyl groups is 2. The molecule has 0 saturated heterocycles. The van der Waals surface area contributed by atoms with Gasteiger partial charge in [-0.05, 0) is 18.6 Å². The first kappa shape index (κ1) is 14.2. The highest BCUT2D eigenvalue weighted by Gasteiger charge is 2.15. The van der Waals surface area contributed by atoms with Gasteiger partial charge in [-0.1, -0.05) is 0 Å². The van der Waals surface area contributed by atoms with Crippen LogP contribution in [0, 0.1) is 10.1 Å². The largest absolute Gasteiger partial charge is 0.396 e. The fraction of sp³-hybridized carbons (Fsp3) is 0.455. The molecule has 1 aromatic rings. The van der Waals surface area contributed by atoms with Gasteiger partial charge >= 0.3 is 0 Å². The van der Waals surface area contributed by atoms with Crippen LogP contribution in [0.5, 0.6) is 0 Å². The molecular formula is C11H17N3O4. The van der Waals surface area contributed by atoms with Gasteiger partial charge in [-0.15, -0.1) is 0 Å². The maximum Gasteiger partial charge on any atom is 0.294 e. The summed E-state index contributed by atoms with van der Waals surface area (Å²) in [5.74, 6) is 0. The Morgan fingerprint density at radius 2 is 2.17 bits per heavy atom. The normalized spacial score (nSPS) is 11.9. The van der Waals surface area contributed by atoms with Gasteiger partial charge in [0.25, 0.3) is 5.69 Å². The second kappa shape index (κ2) is 6.77. The molecule has 0 aliphatic rings. The summed E-state index contributed by atoms with van der Waals surface area (Å²) in [5.41, 5.74) is 0.921. The third-order valence-electron chi connectivity index (χ3n) is 2.53. The van der Waals surface area contributed by atoms with E-state index in [1.807, 2.05) is 0 Å². The molecule has 0 radical (unpaired) electrons. The fourth-order valence-electron chi connectivity index (χ4n) is 1.58. The van der Waals surface area contributed by atoms with Gasteiger partial charge < -0.3 is 20.8 Å². The van der Waals surface area contributed by atoms with Crippen LogP contribution in [0.1, 0.15) is 6.42 Å². The molecule has 1 unspecified atom stereocenters. The van der Waals surface area contributed by atoms with Crippen molar-refractivity contribution in [2.75, 3.05) is 30.9 Å². The third kappa shape index (κ3) is 3.57. The molecule has 100 valence electrons. The fourth-order valence-corrected chi connectivity index (χ4v) is 1.58. The van der Waals surface area contributed by atoms with E-state index in [4.69, 9.17) is 10.2 Å². The van der Waals surface area contributed by atoms with Crippen LogP contribution in [-0.4, -0.2) is 41.4 Å². The molecule has 0 heterocycles. The molecule has 1 rings (SSSR count). The van der Waals surface area contributed by atoms with Gasteiger partial charge in [-0.2, -0.15) is 0 Å². The van der Waals surface area contributed by atoms with Crippen molar-refractivity contribution < 1.29 is 15.1 Å². The van der Waals surface area contributed by atoms with Crippen LogP contribution in [-0.2, 0) is 0 Å². The van der Waals surface area contributed by atoms with E-state index >= 15 is 0 Å². The van der Waals surface area contributed by atoms with Gasteiger partial charge in [0, 0.05) is 25.4 Å². The van der Waals surface area contributed by atoms with Crippen LogP contribution in [0.2, 0.25) is 0 Å². The molecule has 18 heavy (non-hydrogen) atoms. The summed E-state index contributed by atoms with van der Waals surface area (Å²) in [6.45, 7) is -0.211. The SMILES string of the molecule is CNc1ccc(NC(CO)CCO)cc1[N+](=O)[O-]. The number of anilines is 2. The van der Waals surface area contributed by atoms with Crippen LogP contribution < -0.4 is 10.6 Å². The Morgan fingerprint density at radius 1 is 1.44 bits per heavy atom. The van der Waals surface area contributed by atoms with Crippen LogP contribution in [0.25, 0.3) is 0 Å². The van der Waals surface area contributed by atoms with Crippen LogP contribution in [0.15, 0.2) is 18.2 Å². The van der Waals surface area contributed by atoms with E-state index in [0.717, 1.165) is 0 Å². The topological polar surface area (TPSA) is 108 Å². The number of nitrogens with one attached hydrogen (secondary N) is 2. The van der Waals surface area contributed by atoms with Crippen molar-refractivity contribution in [3.63, 3.8) is 0 Å². The smallest absolute Gasteiger partial charge is 0.294 e. The second-order valence-electron chi connectivity index (χ2n) is 3.78. The maximum absolute atomic E-state index is 10.9. The lowest BCUT2D eigenvalue weighted by atomic mass is 10.2. The van der Waals surface area contributed by atoms with E-state index in [9.17, 15) is 10.1 Å². The van der Waals surface area contributed by atoms with Crippen molar-refractivity contribution in [3.05, 3.63) is 28.3 Å². The van der Waals surface area contributed by atoms with E-state index < -0.39 is 4.92 Å². The molecule has 7 heteroatoms. The van der Waals surface area contributed by atoms with Gasteiger partial charge in [-0.3, -0.25) is 10.1 Å². The molecule has 0 amide bonds. The zero-order chi connectivity index (χ0) is 13.5. The summed E-state index contributed by atoms with van der Waals surface area (Å²) in [6, 6.07) is 4.34. The van der Waals surface area contributed by atoms with Gasteiger partial charge in [0.2, 0.25) is 0 Å². The van der Waals surface area contributed by atoms with E-state index in [1.165, 1.54) is 6.07 Å². The predicted molar refractivity (Wildman–Crippen MR) is 68.8 cm³/mol. The zero-order valence-electron chi connectivity index (χ0n) is 10.1. The van der Waals surface area contributed by atoms with Gasteiger partial charge in [0.1, 0.15) is 5.69 Å². The molecule has 0 spiro atoms. The Hall–Kier alpha value is -1.86. The predicted octanol–water partition coefficient (Wildman–Crippen LogP) is 0.792. The Morgan fingerprint density at radius 3 is 2.67 bits per heavy atom. The standard InChI is InChI=1S/C11H17N3O4/c1-12-10-3-2-8(6-11(10)14(17)18)13-9(7-16)4-5-15/h2-3,6,9,12-13,15-16H,4-5,7H2,1H3. The number of nitro benzene ring substituents is 1. The van der Waals surface area contributed by atoms with Crippen molar-refractivity contribution in [1.29, 1.82) is 0 Å². The van der Waals surface area contributed by atoms with Crippen molar-refractivity contribution >= 4 is 17.1 Å². The minimum absolute atomic E-state index is 0.0387. The highest BCUT2D eigenvalue weighted by molar-refractivity contribution is 5.67. The number of nitro groups is 1. The average Bonchev–Trinajstić information content (AvgIpc) is 2.38. The summed E-state index contributed by atoms with van der Waals surface area (Å²) < 4.78 is 0. The van der Waals surface area contributed by atoms with Crippen molar-refractivity contribution in [2.45, 2.75) is 12.5 Å². The Labute approximate surface area is 105 Å². The number of rotatable bonds is 7. The van der Waals surface area contributed by atoms with Crippen molar-refractivity contribution in [1.82, 2.24) is 0 Å². The highest BCUT2D eigenvalue weighted by atomic mass is 16.6. The minimum atomic E-state index is -0.475. The number of benzene rings is 1. The molecule has 1 atom stereocenters. The number of nitrogens with zero attached hydrogens (tertiary/aromatic N) is 1. The molecule has 0 fully saturated rings. The summed E-state index contributed by atoms with van der Waals surface area (Å²) in [7, 11) is 1.61. The molecule has 1 aromatic carbocycles. The van der Waals surface area contributed by atoms with E-state index in [1.54, 1.807) is 19.2 Å². The first-order valence-corrected chi connectivity index (χ1v) is 5.56. The quantitative estimate of drug-likeness (QED) is 0.424. The first-order valence-electron chi connectivity index (χ1n) is 5.56. The molecule has 0 aliphatic carbocycles. The maximum atomic E-state index is 10.9. The molecule has 0 aliphatic heterocycles. The Kier molecular flexibility index (Phi) is 5.34. The zero-order valence-corrected chi connectivity index (χ0v) is 10.1. The molecule has 0 aromatic heterocycles. The molecule has 0 bridgehead atoms. The number of hydrogen-bond acceptors (Lipinski definition) is 6. The lowest BCUT2D eigenvalue weighted by Gasteiger charge is -2.16. The molecule has 0 saturated carbocycles. The van der Waals surface area contributed by atoms with E-state index in [2.05, 4.69) is 10.6 Å². The van der Waals surface area contributed by atoms with E-state index in [-0.39, 0.29) is 24.9 Å². The minimum Gasteiger partial charge on any atom is -0.396 e. The monoisotopic (exact) mass is 255 g/mol. The van der Waals surface area contributed by atoms with Crippen molar-refractivity contribution in [2.24, 2.45) is 0 Å². The average molecular weight is 255 g/mol. The third-order valence-corrected chi connectivity index (χ3v) is 2.53. The molecule has 4 N–H and O–H groups in total. The Balaban J connectivity index is 2.90. The molecule has 7 nitrogen and oxygen atoms in total. The van der Waals surface area contributed by atoms with Gasteiger partial charge in [0.05, 0.1) is 17.6 Å². The molecular weight excluding hydrogens is 238 g/mol.